The maximum atomic E-state index is 12.5. The van der Waals surface area contributed by atoms with E-state index >= 15 is 0 Å². The number of amides is 1. The Balaban J connectivity index is 0.00000288. The predicted molar refractivity (Wildman–Crippen MR) is 98.7 cm³/mol. The molecule has 0 unspecified atom stereocenters. The molecule has 138 valence electrons. The van der Waals surface area contributed by atoms with Gasteiger partial charge in [-0.2, -0.15) is 0 Å². The summed E-state index contributed by atoms with van der Waals surface area (Å²) in [4.78, 5) is 12.5. The second-order valence-electron chi connectivity index (χ2n) is 7.89. The Bertz CT molecular complexity index is 535. The Kier molecular flexibility index (Phi) is 7.67. The van der Waals surface area contributed by atoms with E-state index in [1.807, 2.05) is 11.6 Å². The number of rotatable bonds is 6. The Morgan fingerprint density at radius 3 is 2.58 bits per heavy atom. The monoisotopic (exact) mass is 357 g/mol. The molecule has 2 heterocycles. The molecule has 0 atom stereocenters. The third-order valence-electron chi connectivity index (χ3n) is 4.49. The van der Waals surface area contributed by atoms with Gasteiger partial charge in [0, 0.05) is 6.54 Å². The molecule has 1 aliphatic rings. The van der Waals surface area contributed by atoms with Gasteiger partial charge in [0.15, 0.2) is 5.69 Å². The lowest BCUT2D eigenvalue weighted by Gasteiger charge is -2.26. The largest absolute Gasteiger partial charge is 0.350 e. The van der Waals surface area contributed by atoms with Crippen molar-refractivity contribution in [1.29, 1.82) is 0 Å². The van der Waals surface area contributed by atoms with Crippen molar-refractivity contribution in [2.45, 2.75) is 59.9 Å². The van der Waals surface area contributed by atoms with E-state index in [0.29, 0.717) is 24.2 Å². The summed E-state index contributed by atoms with van der Waals surface area (Å²) in [6, 6.07) is 0.350. The SMILES string of the molecule is Cc1c(C(=O)NCC(C)(C)CC(C)C)nnn1C1CCNCC1.Cl. The molecule has 1 aromatic heterocycles. The van der Waals surface area contributed by atoms with Crippen LogP contribution in [0.25, 0.3) is 0 Å². The van der Waals surface area contributed by atoms with Crippen LogP contribution in [-0.2, 0) is 0 Å². The van der Waals surface area contributed by atoms with Crippen molar-refractivity contribution >= 4 is 18.3 Å². The minimum Gasteiger partial charge on any atom is -0.350 e. The fraction of sp³-hybridized carbons (Fsp3) is 0.824. The summed E-state index contributed by atoms with van der Waals surface area (Å²) in [5.74, 6) is 0.504. The molecule has 0 aliphatic carbocycles. The topological polar surface area (TPSA) is 71.8 Å². The van der Waals surface area contributed by atoms with E-state index in [1.165, 1.54) is 0 Å². The maximum Gasteiger partial charge on any atom is 0.273 e. The van der Waals surface area contributed by atoms with Crippen molar-refractivity contribution in [1.82, 2.24) is 25.6 Å². The Hall–Kier alpha value is -1.14. The Labute approximate surface area is 151 Å². The molecular weight excluding hydrogens is 326 g/mol. The number of halogens is 1. The van der Waals surface area contributed by atoms with E-state index in [1.54, 1.807) is 0 Å². The summed E-state index contributed by atoms with van der Waals surface area (Å²) >= 11 is 0. The van der Waals surface area contributed by atoms with Crippen LogP contribution in [0.1, 0.15) is 69.2 Å². The molecule has 1 aromatic rings. The third kappa shape index (κ3) is 5.45. The van der Waals surface area contributed by atoms with Crippen LogP contribution in [0.2, 0.25) is 0 Å². The number of hydrogen-bond acceptors (Lipinski definition) is 4. The highest BCUT2D eigenvalue weighted by atomic mass is 35.5. The summed E-state index contributed by atoms with van der Waals surface area (Å²) in [5.41, 5.74) is 1.42. The molecule has 0 aromatic carbocycles. The Morgan fingerprint density at radius 2 is 2.00 bits per heavy atom. The van der Waals surface area contributed by atoms with Crippen LogP contribution >= 0.6 is 12.4 Å². The second-order valence-corrected chi connectivity index (χ2v) is 7.89. The predicted octanol–water partition coefficient (Wildman–Crippen LogP) is 2.73. The first-order valence-electron chi connectivity index (χ1n) is 8.71. The van der Waals surface area contributed by atoms with E-state index in [4.69, 9.17) is 0 Å². The van der Waals surface area contributed by atoms with Gasteiger partial charge in [-0.05, 0) is 50.6 Å². The van der Waals surface area contributed by atoms with Gasteiger partial charge in [0.2, 0.25) is 0 Å². The van der Waals surface area contributed by atoms with Crippen LogP contribution in [0, 0.1) is 18.3 Å². The molecule has 1 fully saturated rings. The number of aromatic nitrogens is 3. The molecule has 0 saturated carbocycles. The molecule has 6 nitrogen and oxygen atoms in total. The lowest BCUT2D eigenvalue weighted by atomic mass is 9.84. The molecule has 2 N–H and O–H groups in total. The average molecular weight is 358 g/mol. The molecule has 0 bridgehead atoms. The van der Waals surface area contributed by atoms with Crippen molar-refractivity contribution in [2.75, 3.05) is 19.6 Å². The second kappa shape index (κ2) is 8.81. The molecule has 24 heavy (non-hydrogen) atoms. The van der Waals surface area contributed by atoms with Crippen LogP contribution in [-0.4, -0.2) is 40.5 Å². The molecule has 2 rings (SSSR count). The van der Waals surface area contributed by atoms with Crippen molar-refractivity contribution in [3.63, 3.8) is 0 Å². The minimum atomic E-state index is -0.112. The first kappa shape index (κ1) is 20.9. The number of carbonyl (C=O) groups excluding carboxylic acids is 1. The normalized spacial score (nSPS) is 16.1. The van der Waals surface area contributed by atoms with Crippen molar-refractivity contribution < 1.29 is 4.79 Å². The Morgan fingerprint density at radius 1 is 1.38 bits per heavy atom. The molecule has 1 saturated heterocycles. The summed E-state index contributed by atoms with van der Waals surface area (Å²) in [6.07, 6.45) is 3.15. The van der Waals surface area contributed by atoms with E-state index in [0.717, 1.165) is 38.0 Å². The number of carbonyl (C=O) groups is 1. The minimum absolute atomic E-state index is 0. The smallest absolute Gasteiger partial charge is 0.273 e. The number of piperidine rings is 1. The van der Waals surface area contributed by atoms with Gasteiger partial charge in [0.05, 0.1) is 11.7 Å². The van der Waals surface area contributed by atoms with Crippen molar-refractivity contribution in [3.8, 4) is 0 Å². The molecule has 7 heteroatoms. The summed E-state index contributed by atoms with van der Waals surface area (Å²) in [6.45, 7) is 13.4. The van der Waals surface area contributed by atoms with Crippen molar-refractivity contribution in [2.24, 2.45) is 11.3 Å². The van der Waals surface area contributed by atoms with E-state index in [2.05, 4.69) is 48.6 Å². The third-order valence-corrected chi connectivity index (χ3v) is 4.49. The van der Waals surface area contributed by atoms with Gasteiger partial charge in [0.1, 0.15) is 0 Å². The van der Waals surface area contributed by atoms with Crippen LogP contribution in [0.3, 0.4) is 0 Å². The van der Waals surface area contributed by atoms with E-state index < -0.39 is 0 Å². The van der Waals surface area contributed by atoms with Crippen LogP contribution in [0.5, 0.6) is 0 Å². The zero-order valence-electron chi connectivity index (χ0n) is 15.6. The highest BCUT2D eigenvalue weighted by Crippen LogP contribution is 2.24. The van der Waals surface area contributed by atoms with Gasteiger partial charge >= 0.3 is 0 Å². The zero-order valence-corrected chi connectivity index (χ0v) is 16.4. The van der Waals surface area contributed by atoms with Gasteiger partial charge in [-0.3, -0.25) is 4.79 Å². The lowest BCUT2D eigenvalue weighted by Crippen LogP contribution is -2.35. The number of nitrogens with zero attached hydrogens (tertiary/aromatic N) is 3. The highest BCUT2D eigenvalue weighted by molar-refractivity contribution is 5.93. The molecule has 0 spiro atoms. The fourth-order valence-electron chi connectivity index (χ4n) is 3.53. The first-order valence-corrected chi connectivity index (χ1v) is 8.71. The van der Waals surface area contributed by atoms with Gasteiger partial charge in [-0.15, -0.1) is 17.5 Å². The van der Waals surface area contributed by atoms with Crippen LogP contribution in [0.4, 0.5) is 0 Å². The highest BCUT2D eigenvalue weighted by Gasteiger charge is 2.25. The summed E-state index contributed by atoms with van der Waals surface area (Å²) in [7, 11) is 0. The standard InChI is InChI=1S/C17H31N5O.ClH/c1-12(2)10-17(4,5)11-19-16(23)15-13(3)22(21-20-15)14-6-8-18-9-7-14;/h12,14,18H,6-11H2,1-5H3,(H,19,23);1H. The van der Waals surface area contributed by atoms with Gasteiger partial charge in [-0.1, -0.05) is 32.9 Å². The molecule has 1 amide bonds. The first-order chi connectivity index (χ1) is 10.8. The molecule has 1 aliphatic heterocycles. The number of hydrogen-bond donors (Lipinski definition) is 2. The van der Waals surface area contributed by atoms with Gasteiger partial charge in [-0.25, -0.2) is 4.68 Å². The number of nitrogens with one attached hydrogen (secondary N) is 2. The van der Waals surface area contributed by atoms with Crippen LogP contribution in [0.15, 0.2) is 0 Å². The van der Waals surface area contributed by atoms with Crippen molar-refractivity contribution in [3.05, 3.63) is 11.4 Å². The van der Waals surface area contributed by atoms with Gasteiger partial charge < -0.3 is 10.6 Å². The summed E-state index contributed by atoms with van der Waals surface area (Å²) < 4.78 is 1.93. The van der Waals surface area contributed by atoms with E-state index in [9.17, 15) is 4.79 Å². The quantitative estimate of drug-likeness (QED) is 0.821. The molecule has 0 radical (unpaired) electrons. The zero-order chi connectivity index (χ0) is 17.0. The van der Waals surface area contributed by atoms with Crippen LogP contribution < -0.4 is 10.6 Å². The molecular formula is C17H32ClN5O. The van der Waals surface area contributed by atoms with E-state index in [-0.39, 0.29) is 23.7 Å². The lowest BCUT2D eigenvalue weighted by molar-refractivity contribution is 0.0925. The fourth-order valence-corrected chi connectivity index (χ4v) is 3.53. The van der Waals surface area contributed by atoms with Gasteiger partial charge in [0.25, 0.3) is 5.91 Å². The average Bonchev–Trinajstić information content (AvgIpc) is 2.86. The maximum absolute atomic E-state index is 12.5. The summed E-state index contributed by atoms with van der Waals surface area (Å²) in [5, 5.41) is 14.7.